The number of thioether (sulfide) groups is 1. The van der Waals surface area contributed by atoms with Crippen LogP contribution in [0.1, 0.15) is 29.3 Å². The van der Waals surface area contributed by atoms with Gasteiger partial charge in [0.2, 0.25) is 0 Å². The minimum Gasteiger partial charge on any atom is -0.507 e. The van der Waals surface area contributed by atoms with Crippen LogP contribution in [-0.4, -0.2) is 41.6 Å². The summed E-state index contributed by atoms with van der Waals surface area (Å²) in [6.07, 6.45) is 3.57. The molecule has 0 aromatic heterocycles. The second-order valence-corrected chi connectivity index (χ2v) is 6.10. The molecule has 7 nitrogen and oxygen atoms in total. The second kappa shape index (κ2) is 10.8. The Labute approximate surface area is 156 Å². The number of allylic oxidation sites excluding steroid dienone is 1. The van der Waals surface area contributed by atoms with Crippen molar-refractivity contribution in [2.24, 2.45) is 0 Å². The molecule has 0 aliphatic rings. The van der Waals surface area contributed by atoms with Gasteiger partial charge < -0.3 is 15.2 Å². The Balaban J connectivity index is 3.07. The van der Waals surface area contributed by atoms with Gasteiger partial charge in [0.25, 0.3) is 5.91 Å². The maximum absolute atomic E-state index is 12.5. The number of aromatic hydroxyl groups is 1. The van der Waals surface area contributed by atoms with Crippen molar-refractivity contribution < 1.29 is 19.4 Å². The summed E-state index contributed by atoms with van der Waals surface area (Å²) in [4.78, 5) is 24.5. The van der Waals surface area contributed by atoms with Crippen LogP contribution in [0.5, 0.6) is 5.75 Å². The quantitative estimate of drug-likeness (QED) is 0.529. The SMILES string of the molecule is CCOC(=O)[C@H](CCSC)NC(=O)c1cc(C=C(C#N)C#N)ccc1O. The van der Waals surface area contributed by atoms with Gasteiger partial charge in [-0.2, -0.15) is 22.3 Å². The van der Waals surface area contributed by atoms with Gasteiger partial charge in [-0.3, -0.25) is 4.79 Å². The fourth-order valence-corrected chi connectivity index (χ4v) is 2.52. The summed E-state index contributed by atoms with van der Waals surface area (Å²) >= 11 is 1.53. The Morgan fingerprint density at radius 3 is 2.65 bits per heavy atom. The molecule has 8 heteroatoms. The maximum Gasteiger partial charge on any atom is 0.328 e. The molecule has 0 saturated heterocycles. The minimum absolute atomic E-state index is 0.0626. The normalized spacial score (nSPS) is 10.8. The van der Waals surface area contributed by atoms with E-state index in [-0.39, 0.29) is 23.5 Å². The molecular weight excluding hydrogens is 354 g/mol. The zero-order chi connectivity index (χ0) is 19.5. The second-order valence-electron chi connectivity index (χ2n) is 5.12. The molecule has 0 radical (unpaired) electrons. The Morgan fingerprint density at radius 2 is 2.08 bits per heavy atom. The first-order valence-electron chi connectivity index (χ1n) is 7.78. The average molecular weight is 373 g/mol. The fraction of sp³-hybridized carbons (Fsp3) is 0.333. The third-order valence-electron chi connectivity index (χ3n) is 3.30. The Bertz CT molecular complexity index is 762. The van der Waals surface area contributed by atoms with E-state index < -0.39 is 17.9 Å². The van der Waals surface area contributed by atoms with E-state index in [1.165, 1.54) is 36.0 Å². The van der Waals surface area contributed by atoms with Crippen LogP contribution in [0.15, 0.2) is 23.8 Å². The van der Waals surface area contributed by atoms with Crippen LogP contribution in [-0.2, 0) is 9.53 Å². The molecule has 0 heterocycles. The van der Waals surface area contributed by atoms with Crippen molar-refractivity contribution >= 4 is 29.7 Å². The van der Waals surface area contributed by atoms with Crippen LogP contribution in [0.25, 0.3) is 6.08 Å². The minimum atomic E-state index is -0.831. The largest absolute Gasteiger partial charge is 0.507 e. The van der Waals surface area contributed by atoms with E-state index in [0.29, 0.717) is 17.7 Å². The van der Waals surface area contributed by atoms with Gasteiger partial charge in [-0.15, -0.1) is 0 Å². The smallest absolute Gasteiger partial charge is 0.328 e. The highest BCUT2D eigenvalue weighted by molar-refractivity contribution is 7.98. The molecule has 0 fully saturated rings. The number of hydrogen-bond donors (Lipinski definition) is 2. The number of hydrogen-bond acceptors (Lipinski definition) is 7. The van der Waals surface area contributed by atoms with Crippen LogP contribution in [0, 0.1) is 22.7 Å². The Morgan fingerprint density at radius 1 is 1.38 bits per heavy atom. The van der Waals surface area contributed by atoms with E-state index in [2.05, 4.69) is 5.32 Å². The molecule has 0 spiro atoms. The van der Waals surface area contributed by atoms with E-state index in [1.54, 1.807) is 19.1 Å². The first kappa shape index (κ1) is 21.1. The van der Waals surface area contributed by atoms with Crippen LogP contribution in [0.4, 0.5) is 0 Å². The van der Waals surface area contributed by atoms with Gasteiger partial charge in [0.05, 0.1) is 12.2 Å². The molecule has 1 aromatic carbocycles. The Hall–Kier alpha value is -2.97. The lowest BCUT2D eigenvalue weighted by Crippen LogP contribution is -2.42. The monoisotopic (exact) mass is 373 g/mol. The third kappa shape index (κ3) is 6.15. The van der Waals surface area contributed by atoms with E-state index in [9.17, 15) is 14.7 Å². The van der Waals surface area contributed by atoms with Crippen molar-refractivity contribution in [3.05, 3.63) is 34.9 Å². The van der Waals surface area contributed by atoms with Crippen molar-refractivity contribution in [2.75, 3.05) is 18.6 Å². The van der Waals surface area contributed by atoms with E-state index >= 15 is 0 Å². The summed E-state index contributed by atoms with van der Waals surface area (Å²) in [6.45, 7) is 1.87. The summed E-state index contributed by atoms with van der Waals surface area (Å²) in [7, 11) is 0. The van der Waals surface area contributed by atoms with Crippen molar-refractivity contribution in [2.45, 2.75) is 19.4 Å². The number of phenols is 1. The lowest BCUT2D eigenvalue weighted by molar-refractivity contribution is -0.145. The highest BCUT2D eigenvalue weighted by Gasteiger charge is 2.23. The number of amides is 1. The molecule has 1 amide bonds. The van der Waals surface area contributed by atoms with Crippen molar-refractivity contribution in [3.8, 4) is 17.9 Å². The zero-order valence-corrected chi connectivity index (χ0v) is 15.3. The van der Waals surface area contributed by atoms with E-state index in [4.69, 9.17) is 15.3 Å². The molecule has 1 rings (SSSR count). The first-order valence-corrected chi connectivity index (χ1v) is 9.17. The summed E-state index contributed by atoms with van der Waals surface area (Å²) in [5.41, 5.74) is 0.210. The number of ether oxygens (including phenoxy) is 1. The van der Waals surface area contributed by atoms with Gasteiger partial charge in [0.1, 0.15) is 29.5 Å². The number of carbonyl (C=O) groups excluding carboxylic acids is 2. The number of esters is 1. The highest BCUT2D eigenvalue weighted by atomic mass is 32.2. The van der Waals surface area contributed by atoms with E-state index in [0.717, 1.165) is 0 Å². The molecule has 136 valence electrons. The van der Waals surface area contributed by atoms with Crippen LogP contribution in [0.2, 0.25) is 0 Å². The summed E-state index contributed by atoms with van der Waals surface area (Å²) in [5.74, 6) is -0.816. The summed E-state index contributed by atoms with van der Waals surface area (Å²) < 4.78 is 4.97. The van der Waals surface area contributed by atoms with Gasteiger partial charge in [0.15, 0.2) is 0 Å². The number of benzene rings is 1. The predicted octanol–water partition coefficient (Wildman–Crippen LogP) is 2.24. The third-order valence-corrected chi connectivity index (χ3v) is 3.95. The van der Waals surface area contributed by atoms with Gasteiger partial charge in [0, 0.05) is 0 Å². The fourth-order valence-electron chi connectivity index (χ4n) is 2.05. The number of carbonyl (C=O) groups is 2. The van der Waals surface area contributed by atoms with Gasteiger partial charge >= 0.3 is 5.97 Å². The van der Waals surface area contributed by atoms with Crippen molar-refractivity contribution in [1.82, 2.24) is 5.32 Å². The molecule has 0 aliphatic heterocycles. The number of nitriles is 2. The molecule has 26 heavy (non-hydrogen) atoms. The molecule has 0 aliphatic carbocycles. The maximum atomic E-state index is 12.5. The van der Waals surface area contributed by atoms with Crippen LogP contribution >= 0.6 is 11.8 Å². The summed E-state index contributed by atoms with van der Waals surface area (Å²) in [6, 6.07) is 6.71. The standard InChI is InChI=1S/C18H19N3O4S/c1-3-25-18(24)15(6-7-26-2)21-17(23)14-9-12(4-5-16(14)22)8-13(10-19)11-20/h4-5,8-9,15,22H,3,6-7H2,1-2H3,(H,21,23)/t15-/m0/s1. The lowest BCUT2D eigenvalue weighted by Gasteiger charge is -2.17. The predicted molar refractivity (Wildman–Crippen MR) is 98.2 cm³/mol. The lowest BCUT2D eigenvalue weighted by atomic mass is 10.1. The number of rotatable bonds is 8. The number of phenolic OH excluding ortho intramolecular Hbond substituents is 1. The van der Waals surface area contributed by atoms with Crippen molar-refractivity contribution in [3.63, 3.8) is 0 Å². The van der Waals surface area contributed by atoms with Gasteiger partial charge in [-0.1, -0.05) is 6.07 Å². The molecule has 0 bridgehead atoms. The topological polar surface area (TPSA) is 123 Å². The van der Waals surface area contributed by atoms with Gasteiger partial charge in [-0.05, 0) is 49.1 Å². The van der Waals surface area contributed by atoms with Crippen LogP contribution in [0.3, 0.4) is 0 Å². The van der Waals surface area contributed by atoms with Crippen molar-refractivity contribution in [1.29, 1.82) is 10.5 Å². The van der Waals surface area contributed by atoms with Crippen LogP contribution < -0.4 is 5.32 Å². The molecule has 1 atom stereocenters. The van der Waals surface area contributed by atoms with E-state index in [1.807, 2.05) is 6.26 Å². The molecule has 1 aromatic rings. The number of nitrogens with one attached hydrogen (secondary N) is 1. The number of nitrogens with zero attached hydrogens (tertiary/aromatic N) is 2. The average Bonchev–Trinajstić information content (AvgIpc) is 2.64. The first-order chi connectivity index (χ1) is 12.5. The highest BCUT2D eigenvalue weighted by Crippen LogP contribution is 2.20. The van der Waals surface area contributed by atoms with Gasteiger partial charge in [-0.25, -0.2) is 4.79 Å². The zero-order valence-electron chi connectivity index (χ0n) is 14.5. The Kier molecular flexibility index (Phi) is 8.76. The summed E-state index contributed by atoms with van der Waals surface area (Å²) in [5, 5.41) is 30.1. The molecular formula is C18H19N3O4S. The molecule has 0 saturated carbocycles. The molecule has 0 unspecified atom stereocenters. The molecule has 2 N–H and O–H groups in total.